The Bertz CT molecular complexity index is 291. The summed E-state index contributed by atoms with van der Waals surface area (Å²) in [6.45, 7) is 4.87. The first-order valence-corrected chi connectivity index (χ1v) is 5.98. The molecule has 1 N–H and O–H groups in total. The highest BCUT2D eigenvalue weighted by atomic mass is 35.5. The molecule has 106 valence electrons. The van der Waals surface area contributed by atoms with Crippen LogP contribution in [0.4, 0.5) is 0 Å². The van der Waals surface area contributed by atoms with E-state index in [1.807, 2.05) is 27.0 Å². The van der Waals surface area contributed by atoms with Crippen molar-refractivity contribution in [3.05, 3.63) is 0 Å². The van der Waals surface area contributed by atoms with Crippen molar-refractivity contribution in [2.24, 2.45) is 4.99 Å². The molecule has 0 aromatic carbocycles. The number of ether oxygens (including phenoxy) is 1. The number of hydrogen-bond acceptors (Lipinski definition) is 5. The normalized spacial score (nSPS) is 13.2. The smallest absolute Gasteiger partial charge is 0.334 e. The van der Waals surface area contributed by atoms with Gasteiger partial charge in [0.2, 0.25) is 0 Å². The third kappa shape index (κ3) is 6.15. The van der Waals surface area contributed by atoms with Crippen molar-refractivity contribution < 1.29 is 9.53 Å². The average molecular weight is 278 g/mol. The number of nitrogens with zero attached hydrogens (tertiary/aromatic N) is 2. The molecular formula is C12H24ClN3O2. The molecule has 6 heteroatoms. The Morgan fingerprint density at radius 1 is 1.44 bits per heavy atom. The van der Waals surface area contributed by atoms with E-state index in [4.69, 9.17) is 10.1 Å². The van der Waals surface area contributed by atoms with E-state index in [2.05, 4.69) is 9.89 Å². The van der Waals surface area contributed by atoms with Crippen molar-refractivity contribution in [3.8, 4) is 0 Å². The zero-order valence-corrected chi connectivity index (χ0v) is 12.5. The molecule has 1 atom stereocenters. The first-order valence-electron chi connectivity index (χ1n) is 5.98. The van der Waals surface area contributed by atoms with Crippen LogP contribution in [0, 0.1) is 5.41 Å². The Labute approximate surface area is 116 Å². The van der Waals surface area contributed by atoms with E-state index in [0.29, 0.717) is 19.4 Å². The van der Waals surface area contributed by atoms with Crippen LogP contribution < -0.4 is 0 Å². The molecule has 0 aromatic rings. The summed E-state index contributed by atoms with van der Waals surface area (Å²) in [7, 11) is 3.97. The van der Waals surface area contributed by atoms with Crippen LogP contribution in [0.15, 0.2) is 4.99 Å². The van der Waals surface area contributed by atoms with Gasteiger partial charge in [-0.25, -0.2) is 15.2 Å². The summed E-state index contributed by atoms with van der Waals surface area (Å²) >= 11 is 0. The van der Waals surface area contributed by atoms with Crippen LogP contribution in [0.5, 0.6) is 0 Å². The summed E-state index contributed by atoms with van der Waals surface area (Å²) in [4.78, 5) is 17.9. The summed E-state index contributed by atoms with van der Waals surface area (Å²) in [5, 5.41) is 6.97. The number of carbonyl (C=O) groups excluding carboxylic acids is 1. The van der Waals surface area contributed by atoms with Crippen LogP contribution in [-0.4, -0.2) is 49.7 Å². The summed E-state index contributed by atoms with van der Waals surface area (Å²) in [5.41, 5.74) is -0.923. The minimum Gasteiger partial charge on any atom is -0.464 e. The first-order chi connectivity index (χ1) is 8.02. The fourth-order valence-corrected chi connectivity index (χ4v) is 1.66. The minimum atomic E-state index is -0.923. The van der Waals surface area contributed by atoms with Crippen molar-refractivity contribution in [2.45, 2.75) is 38.6 Å². The second kappa shape index (κ2) is 10.1. The van der Waals surface area contributed by atoms with Gasteiger partial charge in [-0.3, -0.25) is 0 Å². The summed E-state index contributed by atoms with van der Waals surface area (Å²) in [5.74, 6) is -0.346. The van der Waals surface area contributed by atoms with E-state index in [-0.39, 0.29) is 18.4 Å². The third-order valence-electron chi connectivity index (χ3n) is 2.71. The number of carbonyl (C=O) groups is 1. The molecule has 18 heavy (non-hydrogen) atoms. The van der Waals surface area contributed by atoms with Gasteiger partial charge < -0.3 is 9.64 Å². The summed E-state index contributed by atoms with van der Waals surface area (Å²) in [6, 6.07) is 2.00. The standard InChI is InChI=1S/C12H23N3O2.ClH/c1-5-12(14-10-13,11(16)17-6-2)8-7-9-15(3)4;/h13H,5-9H2,1-4H3;1H. The molecule has 0 saturated carbocycles. The van der Waals surface area contributed by atoms with E-state index in [1.165, 1.54) is 0 Å². The van der Waals surface area contributed by atoms with Crippen LogP contribution in [0.25, 0.3) is 0 Å². The van der Waals surface area contributed by atoms with Gasteiger partial charge in [0, 0.05) is 0 Å². The van der Waals surface area contributed by atoms with E-state index in [1.54, 1.807) is 6.92 Å². The van der Waals surface area contributed by atoms with Gasteiger partial charge >= 0.3 is 5.97 Å². The number of halogens is 1. The molecule has 0 fully saturated rings. The Morgan fingerprint density at radius 3 is 2.44 bits per heavy atom. The molecule has 0 radical (unpaired) electrons. The maximum Gasteiger partial charge on any atom is 0.334 e. The average Bonchev–Trinajstić information content (AvgIpc) is 2.27. The lowest BCUT2D eigenvalue weighted by Gasteiger charge is -2.25. The summed E-state index contributed by atoms with van der Waals surface area (Å²) < 4.78 is 5.04. The number of hydrogen-bond donors (Lipinski definition) is 1. The van der Waals surface area contributed by atoms with Crippen LogP contribution in [0.3, 0.4) is 0 Å². The molecule has 1 unspecified atom stereocenters. The van der Waals surface area contributed by atoms with E-state index < -0.39 is 5.54 Å². The van der Waals surface area contributed by atoms with E-state index >= 15 is 0 Å². The molecule has 0 aromatic heterocycles. The zero-order chi connectivity index (χ0) is 13.3. The fraction of sp³-hybridized carbons (Fsp3) is 0.833. The fourth-order valence-electron chi connectivity index (χ4n) is 1.66. The zero-order valence-electron chi connectivity index (χ0n) is 11.7. The predicted molar refractivity (Wildman–Crippen MR) is 74.8 cm³/mol. The highest BCUT2D eigenvalue weighted by Gasteiger charge is 2.37. The largest absolute Gasteiger partial charge is 0.464 e. The second-order valence-electron chi connectivity index (χ2n) is 4.24. The lowest BCUT2D eigenvalue weighted by molar-refractivity contribution is -0.150. The first kappa shape index (κ1) is 19.4. The Morgan fingerprint density at radius 2 is 2.06 bits per heavy atom. The Kier molecular flexibility index (Phi) is 10.9. The van der Waals surface area contributed by atoms with Gasteiger partial charge in [0.15, 0.2) is 5.54 Å². The van der Waals surface area contributed by atoms with Crippen molar-refractivity contribution in [2.75, 3.05) is 27.2 Å². The van der Waals surface area contributed by atoms with E-state index in [9.17, 15) is 4.79 Å². The van der Waals surface area contributed by atoms with Crippen LogP contribution in [-0.2, 0) is 9.53 Å². The van der Waals surface area contributed by atoms with E-state index in [0.717, 1.165) is 13.0 Å². The highest BCUT2D eigenvalue weighted by molar-refractivity contribution is 5.85. The van der Waals surface area contributed by atoms with Crippen molar-refractivity contribution in [3.63, 3.8) is 0 Å². The number of rotatable bonds is 8. The van der Waals surface area contributed by atoms with Gasteiger partial charge in [0.05, 0.1) is 12.6 Å². The third-order valence-corrected chi connectivity index (χ3v) is 2.71. The molecule has 5 nitrogen and oxygen atoms in total. The molecule has 0 aliphatic carbocycles. The Balaban J connectivity index is 0. The predicted octanol–water partition coefficient (Wildman–Crippen LogP) is 2.21. The second-order valence-corrected chi connectivity index (χ2v) is 4.24. The molecule has 0 aliphatic heterocycles. The number of aliphatic imine (C=N–C) groups is 1. The van der Waals surface area contributed by atoms with Crippen molar-refractivity contribution >= 4 is 24.4 Å². The van der Waals surface area contributed by atoms with Gasteiger partial charge in [0.1, 0.15) is 0 Å². The summed E-state index contributed by atoms with van der Waals surface area (Å²) in [6.07, 6.45) is 1.96. The minimum absolute atomic E-state index is 0. The molecule has 0 amide bonds. The van der Waals surface area contributed by atoms with Crippen LogP contribution in [0.1, 0.15) is 33.1 Å². The van der Waals surface area contributed by atoms with Gasteiger partial charge in [0.25, 0.3) is 0 Å². The molecule has 0 rings (SSSR count). The van der Waals surface area contributed by atoms with Crippen LogP contribution >= 0.6 is 12.4 Å². The maximum absolute atomic E-state index is 11.9. The van der Waals surface area contributed by atoms with Gasteiger partial charge in [-0.05, 0) is 46.8 Å². The number of nitrogens with one attached hydrogen (secondary N) is 1. The van der Waals surface area contributed by atoms with Crippen molar-refractivity contribution in [1.29, 1.82) is 5.41 Å². The SMILES string of the molecule is CCOC(=O)C(CC)(CCCN(C)C)N=C=N.Cl. The van der Waals surface area contributed by atoms with Gasteiger partial charge in [-0.1, -0.05) is 6.92 Å². The van der Waals surface area contributed by atoms with Crippen molar-refractivity contribution in [1.82, 2.24) is 4.90 Å². The molecule has 0 aliphatic rings. The number of esters is 1. The Hall–Kier alpha value is -0.900. The van der Waals surface area contributed by atoms with Gasteiger partial charge in [-0.2, -0.15) is 0 Å². The lowest BCUT2D eigenvalue weighted by atomic mass is 9.91. The van der Waals surface area contributed by atoms with Crippen LogP contribution in [0.2, 0.25) is 0 Å². The molecule has 0 bridgehead atoms. The monoisotopic (exact) mass is 277 g/mol. The molecule has 0 saturated heterocycles. The molecular weight excluding hydrogens is 254 g/mol. The topological polar surface area (TPSA) is 65.8 Å². The highest BCUT2D eigenvalue weighted by Crippen LogP contribution is 2.24. The molecule has 0 heterocycles. The van der Waals surface area contributed by atoms with Gasteiger partial charge in [-0.15, -0.1) is 12.4 Å². The maximum atomic E-state index is 11.9. The quantitative estimate of drug-likeness (QED) is 0.546. The molecule has 0 spiro atoms. The lowest BCUT2D eigenvalue weighted by Crippen LogP contribution is -2.38.